The molecule has 0 spiro atoms. The van der Waals surface area contributed by atoms with Crippen LogP contribution >= 0.6 is 0 Å². The number of hydrogen-bond acceptors (Lipinski definition) is 2. The molecule has 2 heteroatoms. The van der Waals surface area contributed by atoms with Crippen molar-refractivity contribution >= 4 is 0 Å². The van der Waals surface area contributed by atoms with E-state index in [0.717, 1.165) is 24.1 Å². The fourth-order valence-electron chi connectivity index (χ4n) is 4.25. The van der Waals surface area contributed by atoms with Crippen molar-refractivity contribution in [1.82, 2.24) is 0 Å². The summed E-state index contributed by atoms with van der Waals surface area (Å²) in [4.78, 5) is 0. The molecule has 1 fully saturated rings. The van der Waals surface area contributed by atoms with E-state index in [0.29, 0.717) is 6.61 Å². The van der Waals surface area contributed by atoms with E-state index < -0.39 is 0 Å². The molecule has 1 saturated carbocycles. The van der Waals surface area contributed by atoms with Crippen molar-refractivity contribution < 1.29 is 4.74 Å². The van der Waals surface area contributed by atoms with E-state index in [9.17, 15) is 0 Å². The van der Waals surface area contributed by atoms with Gasteiger partial charge in [-0.2, -0.15) is 0 Å². The Kier molecular flexibility index (Phi) is 7.57. The Labute approximate surface area is 158 Å². The topological polar surface area (TPSA) is 35.2 Å². The lowest BCUT2D eigenvalue weighted by Gasteiger charge is -2.29. The van der Waals surface area contributed by atoms with Gasteiger partial charge in [0.2, 0.25) is 0 Å². The lowest BCUT2D eigenvalue weighted by Crippen LogP contribution is -2.18. The maximum absolute atomic E-state index is 5.87. The average molecular weight is 352 g/mol. The van der Waals surface area contributed by atoms with Gasteiger partial charge in [-0.25, -0.2) is 0 Å². The highest BCUT2D eigenvalue weighted by atomic mass is 16.5. The normalized spacial score (nSPS) is 20.0. The van der Waals surface area contributed by atoms with Gasteiger partial charge in [-0.3, -0.25) is 0 Å². The van der Waals surface area contributed by atoms with Crippen molar-refractivity contribution in [3.05, 3.63) is 65.7 Å². The summed E-state index contributed by atoms with van der Waals surface area (Å²) in [7, 11) is 0. The first-order valence-electron chi connectivity index (χ1n) is 10.3. The van der Waals surface area contributed by atoms with Crippen molar-refractivity contribution in [3.8, 4) is 5.75 Å². The SMILES string of the molecule is NCCC1CCCC(CCCc2ccc(OCc3ccccc3)cc2)C1. The van der Waals surface area contributed by atoms with E-state index in [-0.39, 0.29) is 0 Å². The number of hydrogen-bond donors (Lipinski definition) is 1. The Morgan fingerprint density at radius 1 is 0.846 bits per heavy atom. The Hall–Kier alpha value is -1.80. The zero-order valence-electron chi connectivity index (χ0n) is 15.9. The van der Waals surface area contributed by atoms with Crippen LogP contribution in [0, 0.1) is 11.8 Å². The van der Waals surface area contributed by atoms with E-state index in [4.69, 9.17) is 10.5 Å². The summed E-state index contributed by atoms with van der Waals surface area (Å²) in [6, 6.07) is 19.0. The molecule has 0 heterocycles. The van der Waals surface area contributed by atoms with E-state index in [2.05, 4.69) is 36.4 Å². The highest BCUT2D eigenvalue weighted by Gasteiger charge is 2.20. The van der Waals surface area contributed by atoms with Crippen LogP contribution in [-0.4, -0.2) is 6.54 Å². The van der Waals surface area contributed by atoms with Crippen LogP contribution in [0.5, 0.6) is 5.75 Å². The fourth-order valence-corrected chi connectivity index (χ4v) is 4.25. The van der Waals surface area contributed by atoms with E-state index in [1.54, 1.807) is 0 Å². The maximum Gasteiger partial charge on any atom is 0.119 e. The van der Waals surface area contributed by atoms with E-state index in [1.807, 2.05) is 18.2 Å². The van der Waals surface area contributed by atoms with Crippen LogP contribution in [0.2, 0.25) is 0 Å². The molecular weight excluding hydrogens is 318 g/mol. The molecule has 1 aliphatic rings. The van der Waals surface area contributed by atoms with Gasteiger partial charge in [0.15, 0.2) is 0 Å². The summed E-state index contributed by atoms with van der Waals surface area (Å²) >= 11 is 0. The van der Waals surface area contributed by atoms with Crippen molar-refractivity contribution in [2.75, 3.05) is 6.54 Å². The number of ether oxygens (including phenoxy) is 1. The van der Waals surface area contributed by atoms with Crippen LogP contribution < -0.4 is 10.5 Å². The second-order valence-electron chi connectivity index (χ2n) is 7.79. The average Bonchev–Trinajstić information content (AvgIpc) is 2.69. The zero-order valence-corrected chi connectivity index (χ0v) is 15.9. The summed E-state index contributed by atoms with van der Waals surface area (Å²) in [5.74, 6) is 2.77. The molecule has 0 aromatic heterocycles. The standard InChI is InChI=1S/C24H33NO/c25-17-16-22-11-5-10-21(18-22)9-4-8-20-12-14-24(15-13-20)26-19-23-6-2-1-3-7-23/h1-3,6-7,12-15,21-22H,4-5,8-11,16-19,25H2. The summed E-state index contributed by atoms with van der Waals surface area (Å²) in [5, 5.41) is 0. The molecule has 2 atom stereocenters. The van der Waals surface area contributed by atoms with Crippen molar-refractivity contribution in [2.24, 2.45) is 17.6 Å². The summed E-state index contributed by atoms with van der Waals surface area (Å²) < 4.78 is 5.87. The van der Waals surface area contributed by atoms with Crippen LogP contribution in [0.1, 0.15) is 56.1 Å². The molecule has 0 amide bonds. The third kappa shape index (κ3) is 6.17. The minimum Gasteiger partial charge on any atom is -0.489 e. The lowest BCUT2D eigenvalue weighted by atomic mass is 9.78. The monoisotopic (exact) mass is 351 g/mol. The minimum atomic E-state index is 0.631. The van der Waals surface area contributed by atoms with Crippen LogP contribution in [0.25, 0.3) is 0 Å². The van der Waals surface area contributed by atoms with Gasteiger partial charge in [0.05, 0.1) is 0 Å². The molecule has 0 saturated heterocycles. The lowest BCUT2D eigenvalue weighted by molar-refractivity contribution is 0.243. The Morgan fingerprint density at radius 2 is 1.58 bits per heavy atom. The van der Waals surface area contributed by atoms with Crippen LogP contribution in [0.3, 0.4) is 0 Å². The highest BCUT2D eigenvalue weighted by molar-refractivity contribution is 5.27. The molecule has 2 aromatic carbocycles. The molecule has 2 nitrogen and oxygen atoms in total. The summed E-state index contributed by atoms with van der Waals surface area (Å²) in [5.41, 5.74) is 8.37. The van der Waals surface area contributed by atoms with Crippen molar-refractivity contribution in [3.63, 3.8) is 0 Å². The van der Waals surface area contributed by atoms with Gasteiger partial charge in [-0.1, -0.05) is 68.1 Å². The molecule has 0 aliphatic heterocycles. The van der Waals surface area contributed by atoms with Crippen molar-refractivity contribution in [1.29, 1.82) is 0 Å². The third-order valence-electron chi connectivity index (χ3n) is 5.72. The number of nitrogens with two attached hydrogens (primary N) is 1. The molecule has 1 aliphatic carbocycles. The molecule has 2 N–H and O–H groups in total. The molecule has 2 aromatic rings. The second-order valence-corrected chi connectivity index (χ2v) is 7.79. The van der Waals surface area contributed by atoms with Gasteiger partial charge >= 0.3 is 0 Å². The Bertz CT molecular complexity index is 620. The molecule has 2 unspecified atom stereocenters. The summed E-state index contributed by atoms with van der Waals surface area (Å²) in [6.07, 6.45) is 10.7. The quantitative estimate of drug-likeness (QED) is 0.625. The second kappa shape index (κ2) is 10.4. The molecule has 0 bridgehead atoms. The molecule has 26 heavy (non-hydrogen) atoms. The van der Waals surface area contributed by atoms with Gasteiger partial charge in [0.1, 0.15) is 12.4 Å². The number of benzene rings is 2. The van der Waals surface area contributed by atoms with Gasteiger partial charge in [-0.15, -0.1) is 0 Å². The first kappa shape index (κ1) is 19.0. The van der Waals surface area contributed by atoms with E-state index >= 15 is 0 Å². The minimum absolute atomic E-state index is 0.631. The van der Waals surface area contributed by atoms with Gasteiger partial charge < -0.3 is 10.5 Å². The number of aryl methyl sites for hydroxylation is 1. The van der Waals surface area contributed by atoms with Crippen LogP contribution in [0.15, 0.2) is 54.6 Å². The predicted octanol–water partition coefficient (Wildman–Crippen LogP) is 5.74. The largest absolute Gasteiger partial charge is 0.489 e. The van der Waals surface area contributed by atoms with Gasteiger partial charge in [0, 0.05) is 0 Å². The molecule has 3 rings (SSSR count). The zero-order chi connectivity index (χ0) is 18.0. The first-order valence-corrected chi connectivity index (χ1v) is 10.3. The highest BCUT2D eigenvalue weighted by Crippen LogP contribution is 2.33. The van der Waals surface area contributed by atoms with Gasteiger partial charge in [0.25, 0.3) is 0 Å². The van der Waals surface area contributed by atoms with Crippen LogP contribution in [0.4, 0.5) is 0 Å². The Balaban J connectivity index is 1.37. The molecular formula is C24H33NO. The summed E-state index contributed by atoms with van der Waals surface area (Å²) in [6.45, 7) is 1.49. The van der Waals surface area contributed by atoms with E-state index in [1.165, 1.54) is 62.5 Å². The fraction of sp³-hybridized carbons (Fsp3) is 0.500. The first-order chi connectivity index (χ1) is 12.8. The Morgan fingerprint density at radius 3 is 2.31 bits per heavy atom. The van der Waals surface area contributed by atoms with Crippen molar-refractivity contribution in [2.45, 2.75) is 58.0 Å². The third-order valence-corrected chi connectivity index (χ3v) is 5.72. The smallest absolute Gasteiger partial charge is 0.119 e. The molecule has 0 radical (unpaired) electrons. The number of rotatable bonds is 9. The molecule has 140 valence electrons. The maximum atomic E-state index is 5.87. The van der Waals surface area contributed by atoms with Gasteiger partial charge in [-0.05, 0) is 67.3 Å². The predicted molar refractivity (Wildman–Crippen MR) is 109 cm³/mol. The van der Waals surface area contributed by atoms with Crippen LogP contribution in [-0.2, 0) is 13.0 Å².